The summed E-state index contributed by atoms with van der Waals surface area (Å²) >= 11 is 5.83. The van der Waals surface area contributed by atoms with Crippen molar-refractivity contribution in [2.24, 2.45) is 5.92 Å². The lowest BCUT2D eigenvalue weighted by Gasteiger charge is -2.37. The Labute approximate surface area is 168 Å². The third-order valence-corrected chi connectivity index (χ3v) is 4.57. The first-order valence-corrected chi connectivity index (χ1v) is 9.29. The summed E-state index contributed by atoms with van der Waals surface area (Å²) in [5.41, 5.74) is 1.58. The number of carbonyl (C=O) groups excluding carboxylic acids is 2. The number of nitrogens with zero attached hydrogens (tertiary/aromatic N) is 1. The van der Waals surface area contributed by atoms with E-state index in [1.807, 2.05) is 12.1 Å². The third-order valence-electron chi connectivity index (χ3n) is 4.32. The molecule has 2 aromatic rings. The van der Waals surface area contributed by atoms with Gasteiger partial charge in [-0.15, -0.1) is 0 Å². The van der Waals surface area contributed by atoms with Gasteiger partial charge in [-0.1, -0.05) is 23.7 Å². The van der Waals surface area contributed by atoms with E-state index in [1.54, 1.807) is 48.3 Å². The number of hydrogen-bond acceptors (Lipinski definition) is 4. The molecule has 2 N–H and O–H groups in total. The van der Waals surface area contributed by atoms with Gasteiger partial charge in [-0.25, -0.2) is 9.59 Å². The predicted molar refractivity (Wildman–Crippen MR) is 107 cm³/mol. The van der Waals surface area contributed by atoms with E-state index in [9.17, 15) is 9.59 Å². The van der Waals surface area contributed by atoms with Crippen molar-refractivity contribution in [3.63, 3.8) is 0 Å². The zero-order valence-electron chi connectivity index (χ0n) is 15.5. The summed E-state index contributed by atoms with van der Waals surface area (Å²) in [6, 6.07) is 14.1. The van der Waals surface area contributed by atoms with Gasteiger partial charge in [-0.05, 0) is 42.0 Å². The van der Waals surface area contributed by atoms with Crippen LogP contribution in [0.3, 0.4) is 0 Å². The molecule has 1 fully saturated rings. The Hall–Kier alpha value is -2.93. The molecule has 28 heavy (non-hydrogen) atoms. The maximum absolute atomic E-state index is 12.0. The summed E-state index contributed by atoms with van der Waals surface area (Å²) in [6.07, 6.45) is -0.323. The first-order chi connectivity index (χ1) is 13.5. The molecule has 7 nitrogen and oxygen atoms in total. The number of ether oxygens (including phenoxy) is 2. The van der Waals surface area contributed by atoms with Gasteiger partial charge in [0.2, 0.25) is 0 Å². The Kier molecular flexibility index (Phi) is 6.60. The summed E-state index contributed by atoms with van der Waals surface area (Å²) in [4.78, 5) is 24.9. The van der Waals surface area contributed by atoms with Gasteiger partial charge in [-0.3, -0.25) is 0 Å². The largest absolute Gasteiger partial charge is 0.493 e. The lowest BCUT2D eigenvalue weighted by molar-refractivity contribution is 0.0342. The summed E-state index contributed by atoms with van der Waals surface area (Å²) < 4.78 is 11.0. The van der Waals surface area contributed by atoms with Crippen LogP contribution in [0.2, 0.25) is 5.02 Å². The van der Waals surface area contributed by atoms with Gasteiger partial charge >= 0.3 is 12.1 Å². The lowest BCUT2D eigenvalue weighted by Crippen LogP contribution is -2.52. The highest BCUT2D eigenvalue weighted by Crippen LogP contribution is 2.21. The summed E-state index contributed by atoms with van der Waals surface area (Å²) in [7, 11) is 1.56. The Balaban J connectivity index is 1.34. The van der Waals surface area contributed by atoms with Gasteiger partial charge in [0.25, 0.3) is 0 Å². The third kappa shape index (κ3) is 5.53. The number of anilines is 1. The van der Waals surface area contributed by atoms with Crippen LogP contribution in [0, 0.1) is 5.92 Å². The van der Waals surface area contributed by atoms with E-state index in [4.69, 9.17) is 21.1 Å². The second kappa shape index (κ2) is 9.32. The number of amides is 3. The van der Waals surface area contributed by atoms with Crippen molar-refractivity contribution in [3.8, 4) is 5.75 Å². The smallest absolute Gasteiger partial charge is 0.410 e. The van der Waals surface area contributed by atoms with Crippen LogP contribution in [0.4, 0.5) is 15.3 Å². The highest BCUT2D eigenvalue weighted by atomic mass is 35.5. The number of benzene rings is 2. The SMILES string of the molecule is CNC(=O)Nc1ccc(OCC2CN(C(=O)OCc3ccc(Cl)cc3)C2)cc1. The van der Waals surface area contributed by atoms with Crippen LogP contribution in [-0.4, -0.2) is 43.8 Å². The molecule has 1 aliphatic heterocycles. The summed E-state index contributed by atoms with van der Waals surface area (Å²) in [5, 5.41) is 5.82. The highest BCUT2D eigenvalue weighted by molar-refractivity contribution is 6.30. The van der Waals surface area contributed by atoms with E-state index < -0.39 is 0 Å². The normalized spacial score (nSPS) is 13.4. The molecule has 0 aliphatic carbocycles. The molecule has 0 radical (unpaired) electrons. The zero-order chi connectivity index (χ0) is 19.9. The number of rotatable bonds is 6. The minimum atomic E-state index is -0.323. The van der Waals surface area contributed by atoms with Gasteiger partial charge in [0, 0.05) is 36.8 Å². The Bertz CT molecular complexity index is 805. The van der Waals surface area contributed by atoms with E-state index in [1.165, 1.54) is 0 Å². The molecule has 0 bridgehead atoms. The van der Waals surface area contributed by atoms with Crippen LogP contribution in [0.1, 0.15) is 5.56 Å². The van der Waals surface area contributed by atoms with E-state index in [2.05, 4.69) is 10.6 Å². The van der Waals surface area contributed by atoms with Crippen LogP contribution < -0.4 is 15.4 Å². The molecule has 0 unspecified atom stereocenters. The van der Waals surface area contributed by atoms with Crippen LogP contribution in [-0.2, 0) is 11.3 Å². The van der Waals surface area contributed by atoms with Gasteiger partial charge in [-0.2, -0.15) is 0 Å². The number of halogens is 1. The fraction of sp³-hybridized carbons (Fsp3) is 0.300. The second-order valence-corrected chi connectivity index (χ2v) is 6.93. The molecule has 0 spiro atoms. The number of nitrogens with one attached hydrogen (secondary N) is 2. The molecule has 3 rings (SSSR count). The molecule has 3 amide bonds. The molecule has 0 saturated carbocycles. The average molecular weight is 404 g/mol. The molecule has 1 heterocycles. The molecular formula is C20H22ClN3O4. The Morgan fingerprint density at radius 3 is 2.43 bits per heavy atom. The Morgan fingerprint density at radius 2 is 1.79 bits per heavy atom. The molecule has 0 aromatic heterocycles. The molecular weight excluding hydrogens is 382 g/mol. The summed E-state index contributed by atoms with van der Waals surface area (Å²) in [6.45, 7) is 1.96. The van der Waals surface area contributed by atoms with E-state index in [0.717, 1.165) is 5.56 Å². The minimum absolute atomic E-state index is 0.226. The maximum atomic E-state index is 12.0. The first-order valence-electron chi connectivity index (χ1n) is 8.91. The van der Waals surface area contributed by atoms with Crippen molar-refractivity contribution in [1.29, 1.82) is 0 Å². The van der Waals surface area contributed by atoms with Gasteiger partial charge < -0.3 is 25.0 Å². The second-order valence-electron chi connectivity index (χ2n) is 6.49. The molecule has 0 atom stereocenters. The van der Waals surface area contributed by atoms with Crippen molar-refractivity contribution in [1.82, 2.24) is 10.2 Å². The van der Waals surface area contributed by atoms with Crippen molar-refractivity contribution >= 4 is 29.4 Å². The molecule has 1 aliphatic rings. The van der Waals surface area contributed by atoms with Crippen LogP contribution in [0.5, 0.6) is 5.75 Å². The van der Waals surface area contributed by atoms with Crippen molar-refractivity contribution in [2.75, 3.05) is 32.1 Å². The molecule has 2 aromatic carbocycles. The van der Waals surface area contributed by atoms with Gasteiger partial charge in [0.05, 0.1) is 6.61 Å². The quantitative estimate of drug-likeness (QED) is 0.770. The zero-order valence-corrected chi connectivity index (χ0v) is 16.2. The van der Waals surface area contributed by atoms with E-state index >= 15 is 0 Å². The minimum Gasteiger partial charge on any atom is -0.493 e. The van der Waals surface area contributed by atoms with Gasteiger partial charge in [0.1, 0.15) is 12.4 Å². The number of carbonyl (C=O) groups is 2. The maximum Gasteiger partial charge on any atom is 0.410 e. The molecule has 148 valence electrons. The van der Waals surface area contributed by atoms with E-state index in [0.29, 0.717) is 36.2 Å². The fourth-order valence-electron chi connectivity index (χ4n) is 2.68. The molecule has 1 saturated heterocycles. The average Bonchev–Trinajstić information content (AvgIpc) is 2.67. The Morgan fingerprint density at radius 1 is 1.11 bits per heavy atom. The highest BCUT2D eigenvalue weighted by Gasteiger charge is 2.32. The van der Waals surface area contributed by atoms with Gasteiger partial charge in [0.15, 0.2) is 0 Å². The number of hydrogen-bond donors (Lipinski definition) is 2. The van der Waals surface area contributed by atoms with Crippen LogP contribution >= 0.6 is 11.6 Å². The van der Waals surface area contributed by atoms with Crippen molar-refractivity contribution < 1.29 is 19.1 Å². The lowest BCUT2D eigenvalue weighted by atomic mass is 10.0. The topological polar surface area (TPSA) is 79.9 Å². The standard InChI is InChI=1S/C20H22ClN3O4/c1-22-19(25)23-17-6-8-18(9-7-17)27-13-15-10-24(11-15)20(26)28-12-14-2-4-16(21)5-3-14/h2-9,15H,10-13H2,1H3,(H2,22,23,25). The monoisotopic (exact) mass is 403 g/mol. The number of likely N-dealkylation sites (tertiary alicyclic amines) is 1. The fourth-order valence-corrected chi connectivity index (χ4v) is 2.81. The number of urea groups is 1. The van der Waals surface area contributed by atoms with Crippen molar-refractivity contribution in [3.05, 3.63) is 59.1 Å². The van der Waals surface area contributed by atoms with E-state index in [-0.39, 0.29) is 24.6 Å². The van der Waals surface area contributed by atoms with Crippen LogP contribution in [0.15, 0.2) is 48.5 Å². The summed E-state index contributed by atoms with van der Waals surface area (Å²) in [5.74, 6) is 0.984. The van der Waals surface area contributed by atoms with Crippen LogP contribution in [0.25, 0.3) is 0 Å². The first kappa shape index (κ1) is 19.8. The van der Waals surface area contributed by atoms with Crippen molar-refractivity contribution in [2.45, 2.75) is 6.61 Å². The predicted octanol–water partition coefficient (Wildman–Crippen LogP) is 3.74. The molecule has 8 heteroatoms.